The van der Waals surface area contributed by atoms with Crippen molar-refractivity contribution in [1.29, 1.82) is 0 Å². The molecule has 1 aromatic heterocycles. The number of nitro groups is 1. The van der Waals surface area contributed by atoms with Crippen molar-refractivity contribution in [2.24, 2.45) is 0 Å². The number of halogens is 2. The van der Waals surface area contributed by atoms with Crippen molar-refractivity contribution in [1.82, 2.24) is 4.98 Å². The first-order valence-electron chi connectivity index (χ1n) is 5.65. The molecule has 7 heteroatoms. The van der Waals surface area contributed by atoms with Gasteiger partial charge in [-0.05, 0) is 25.1 Å². The SMILES string of the molecule is Cc1cc(OCc2cnc(Cl)cc2Cl)ccc1[N+](=O)[O-]. The molecular weight excluding hydrogens is 303 g/mol. The molecule has 0 saturated heterocycles. The third-order valence-electron chi connectivity index (χ3n) is 2.66. The largest absolute Gasteiger partial charge is 0.489 e. The summed E-state index contributed by atoms with van der Waals surface area (Å²) in [6.07, 6.45) is 1.53. The molecule has 0 amide bonds. The molecule has 0 atom stereocenters. The fourth-order valence-corrected chi connectivity index (χ4v) is 2.05. The number of pyridine rings is 1. The number of ether oxygens (including phenoxy) is 1. The van der Waals surface area contributed by atoms with Crippen LogP contribution in [0.5, 0.6) is 5.75 Å². The highest BCUT2D eigenvalue weighted by atomic mass is 35.5. The number of benzene rings is 1. The number of hydrogen-bond acceptors (Lipinski definition) is 4. The van der Waals surface area contributed by atoms with Crippen LogP contribution in [-0.4, -0.2) is 9.91 Å². The van der Waals surface area contributed by atoms with Gasteiger partial charge in [-0.3, -0.25) is 10.1 Å². The van der Waals surface area contributed by atoms with Crippen LogP contribution in [0.25, 0.3) is 0 Å². The molecule has 0 saturated carbocycles. The van der Waals surface area contributed by atoms with Gasteiger partial charge < -0.3 is 4.74 Å². The van der Waals surface area contributed by atoms with Crippen molar-refractivity contribution in [3.8, 4) is 5.75 Å². The standard InChI is InChI=1S/C13H10Cl2N2O3/c1-8-4-10(2-3-12(8)17(18)19)20-7-9-6-16-13(15)5-11(9)14/h2-6H,7H2,1H3. The van der Waals surface area contributed by atoms with Crippen molar-refractivity contribution < 1.29 is 9.66 Å². The van der Waals surface area contributed by atoms with E-state index >= 15 is 0 Å². The fraction of sp³-hybridized carbons (Fsp3) is 0.154. The van der Waals surface area contributed by atoms with E-state index in [4.69, 9.17) is 27.9 Å². The lowest BCUT2D eigenvalue weighted by Gasteiger charge is -2.08. The summed E-state index contributed by atoms with van der Waals surface area (Å²) >= 11 is 11.7. The number of aryl methyl sites for hydroxylation is 1. The summed E-state index contributed by atoms with van der Waals surface area (Å²) in [5.74, 6) is 0.527. The third kappa shape index (κ3) is 3.37. The van der Waals surface area contributed by atoms with Crippen LogP contribution in [0.2, 0.25) is 10.2 Å². The van der Waals surface area contributed by atoms with E-state index in [1.807, 2.05) is 0 Å². The molecule has 5 nitrogen and oxygen atoms in total. The van der Waals surface area contributed by atoms with E-state index in [9.17, 15) is 10.1 Å². The fourth-order valence-electron chi connectivity index (χ4n) is 1.63. The van der Waals surface area contributed by atoms with E-state index in [1.54, 1.807) is 19.1 Å². The van der Waals surface area contributed by atoms with Crippen molar-refractivity contribution in [3.05, 3.63) is 61.9 Å². The molecule has 104 valence electrons. The molecule has 0 N–H and O–H groups in total. The first-order valence-corrected chi connectivity index (χ1v) is 6.40. The average Bonchev–Trinajstić information content (AvgIpc) is 2.37. The summed E-state index contributed by atoms with van der Waals surface area (Å²) in [4.78, 5) is 14.2. The van der Waals surface area contributed by atoms with E-state index in [0.29, 0.717) is 27.1 Å². The Morgan fingerprint density at radius 1 is 1.35 bits per heavy atom. The molecule has 2 rings (SSSR count). The Hall–Kier alpha value is -1.85. The van der Waals surface area contributed by atoms with Gasteiger partial charge in [-0.2, -0.15) is 0 Å². The van der Waals surface area contributed by atoms with Crippen LogP contribution in [0.4, 0.5) is 5.69 Å². The molecule has 0 radical (unpaired) electrons. The Balaban J connectivity index is 2.11. The minimum Gasteiger partial charge on any atom is -0.489 e. The van der Waals surface area contributed by atoms with Gasteiger partial charge in [-0.15, -0.1) is 0 Å². The maximum atomic E-state index is 10.7. The number of nitro benzene ring substituents is 1. The van der Waals surface area contributed by atoms with Gasteiger partial charge >= 0.3 is 0 Å². The zero-order valence-electron chi connectivity index (χ0n) is 10.5. The Morgan fingerprint density at radius 3 is 2.70 bits per heavy atom. The lowest BCUT2D eigenvalue weighted by Crippen LogP contribution is -1.98. The first-order chi connectivity index (χ1) is 9.47. The Morgan fingerprint density at radius 2 is 2.10 bits per heavy atom. The maximum absolute atomic E-state index is 10.7. The van der Waals surface area contributed by atoms with E-state index in [2.05, 4.69) is 4.98 Å². The lowest BCUT2D eigenvalue weighted by molar-refractivity contribution is -0.385. The van der Waals surface area contributed by atoms with Crippen molar-refractivity contribution in [3.63, 3.8) is 0 Å². The summed E-state index contributed by atoms with van der Waals surface area (Å²) in [5, 5.41) is 11.5. The normalized spacial score (nSPS) is 10.3. The average molecular weight is 313 g/mol. The Bertz CT molecular complexity index is 662. The Labute approximate surface area is 125 Å². The van der Waals surface area contributed by atoms with Gasteiger partial charge in [-0.1, -0.05) is 23.2 Å². The highest BCUT2D eigenvalue weighted by molar-refractivity contribution is 6.34. The molecule has 1 aromatic carbocycles. The second-order valence-corrected chi connectivity index (χ2v) is 4.89. The smallest absolute Gasteiger partial charge is 0.272 e. The summed E-state index contributed by atoms with van der Waals surface area (Å²) in [6, 6.07) is 6.09. The van der Waals surface area contributed by atoms with Gasteiger partial charge in [0.25, 0.3) is 5.69 Å². The molecule has 0 aliphatic carbocycles. The number of aromatic nitrogens is 1. The van der Waals surface area contributed by atoms with Crippen LogP contribution >= 0.6 is 23.2 Å². The highest BCUT2D eigenvalue weighted by Crippen LogP contribution is 2.25. The van der Waals surface area contributed by atoms with Gasteiger partial charge in [0.15, 0.2) is 0 Å². The van der Waals surface area contributed by atoms with E-state index in [0.717, 1.165) is 0 Å². The predicted molar refractivity (Wildman–Crippen MR) is 76.4 cm³/mol. The van der Waals surface area contributed by atoms with Gasteiger partial charge in [-0.25, -0.2) is 4.98 Å². The van der Waals surface area contributed by atoms with Gasteiger partial charge in [0, 0.05) is 23.4 Å². The van der Waals surface area contributed by atoms with Gasteiger partial charge in [0.05, 0.1) is 9.95 Å². The molecule has 0 spiro atoms. The number of rotatable bonds is 4. The van der Waals surface area contributed by atoms with Gasteiger partial charge in [0.1, 0.15) is 17.5 Å². The zero-order chi connectivity index (χ0) is 14.7. The highest BCUT2D eigenvalue weighted by Gasteiger charge is 2.11. The minimum atomic E-state index is -0.431. The second-order valence-electron chi connectivity index (χ2n) is 4.09. The van der Waals surface area contributed by atoms with Crippen LogP contribution in [0.1, 0.15) is 11.1 Å². The van der Waals surface area contributed by atoms with Crippen LogP contribution in [0, 0.1) is 17.0 Å². The molecule has 0 unspecified atom stereocenters. The summed E-state index contributed by atoms with van der Waals surface area (Å²) in [5.41, 5.74) is 1.28. The summed E-state index contributed by atoms with van der Waals surface area (Å²) in [6.45, 7) is 1.86. The van der Waals surface area contributed by atoms with Crippen LogP contribution in [0.15, 0.2) is 30.5 Å². The Kier molecular flexibility index (Phi) is 4.42. The molecule has 20 heavy (non-hydrogen) atoms. The summed E-state index contributed by atoms with van der Waals surface area (Å²) in [7, 11) is 0. The maximum Gasteiger partial charge on any atom is 0.272 e. The molecule has 0 bridgehead atoms. The topological polar surface area (TPSA) is 65.3 Å². The quantitative estimate of drug-likeness (QED) is 0.482. The molecule has 2 aromatic rings. The van der Waals surface area contributed by atoms with E-state index in [1.165, 1.54) is 18.3 Å². The van der Waals surface area contributed by atoms with Crippen molar-refractivity contribution in [2.45, 2.75) is 13.5 Å². The minimum absolute atomic E-state index is 0.0588. The number of hydrogen-bond donors (Lipinski definition) is 0. The van der Waals surface area contributed by atoms with Crippen molar-refractivity contribution >= 4 is 28.9 Å². The summed E-state index contributed by atoms with van der Waals surface area (Å²) < 4.78 is 5.54. The first kappa shape index (κ1) is 14.6. The van der Waals surface area contributed by atoms with Gasteiger partial charge in [0.2, 0.25) is 0 Å². The monoisotopic (exact) mass is 312 g/mol. The molecule has 0 aliphatic heterocycles. The second kappa shape index (κ2) is 6.07. The van der Waals surface area contributed by atoms with Crippen molar-refractivity contribution in [2.75, 3.05) is 0 Å². The molecule has 1 heterocycles. The van der Waals surface area contributed by atoms with E-state index in [-0.39, 0.29) is 12.3 Å². The molecular formula is C13H10Cl2N2O3. The lowest BCUT2D eigenvalue weighted by atomic mass is 10.2. The van der Waals surface area contributed by atoms with E-state index < -0.39 is 4.92 Å². The number of nitrogens with zero attached hydrogens (tertiary/aromatic N) is 2. The third-order valence-corrected chi connectivity index (χ3v) is 3.21. The molecule has 0 aliphatic rings. The van der Waals surface area contributed by atoms with Crippen LogP contribution < -0.4 is 4.74 Å². The zero-order valence-corrected chi connectivity index (χ0v) is 12.0. The van der Waals surface area contributed by atoms with Crippen LogP contribution in [-0.2, 0) is 6.61 Å². The molecule has 0 fully saturated rings. The van der Waals surface area contributed by atoms with Crippen LogP contribution in [0.3, 0.4) is 0 Å². The predicted octanol–water partition coefficient (Wildman–Crippen LogP) is 4.18.